The molecule has 6 aromatic rings. The van der Waals surface area contributed by atoms with E-state index in [-0.39, 0.29) is 119 Å². The molecule has 14 amide bonds. The maximum atomic E-state index is 15.5. The first-order chi connectivity index (χ1) is 58.9. The van der Waals surface area contributed by atoms with E-state index in [2.05, 4.69) is 89.7 Å². The monoisotopic (exact) mass is 1750 g/mol. The number of aromatic amines is 2. The Balaban J connectivity index is 1.16. The second kappa shape index (κ2) is 46.9. The SMILES string of the molecule is N=C(N)NCCC[C@@H]1NC(=O)NC(=O)[C@@H]2CCSCC(=O)CSCC[C@H](NC(=O)[C@H](Cc3c[nH]c4ccccc34)NC(=O)[C@H](CC(=O)O)NC1=O)C(=O)N[C@@H](CCCNC(=N)N)C(=O)N[C@@H](Cc1c[nH]c3ccccc13)C(=O)N[C@@H](C1CCCC1)C(=O)N[C@H](C(N)=O)SCC(=O)N[C@@H](Cc1ccc3ccccc3c1)C(=O)N[C@@H](CCCNC(=N)N)C(=O)N2. The first-order valence-electron chi connectivity index (χ1n) is 40.2. The average Bonchev–Trinajstić information content (AvgIpc) is 1.72. The normalized spacial score (nSPS) is 23.3. The molecule has 0 spiro atoms. The lowest BCUT2D eigenvalue weighted by molar-refractivity contribution is -0.141. The molecule has 4 aromatic carbocycles. The number of primary amides is 1. The number of aliphatic carboxylic acids is 1. The number of carboxylic acids is 1. The van der Waals surface area contributed by atoms with Crippen LogP contribution in [0.2, 0.25) is 0 Å². The zero-order valence-corrected chi connectivity index (χ0v) is 69.8. The highest BCUT2D eigenvalue weighted by atomic mass is 32.2. The number of urea groups is 1. The van der Waals surface area contributed by atoms with Crippen LogP contribution in [0.25, 0.3) is 32.6 Å². The van der Waals surface area contributed by atoms with Gasteiger partial charge in [0.05, 0.1) is 23.7 Å². The number of nitrogens with two attached hydrogens (primary N) is 4. The van der Waals surface area contributed by atoms with Crippen molar-refractivity contribution in [1.82, 2.24) is 89.7 Å². The fourth-order valence-electron chi connectivity index (χ4n) is 14.5. The predicted octanol–water partition coefficient (Wildman–Crippen LogP) is -1.65. The smallest absolute Gasteiger partial charge is 0.322 e. The van der Waals surface area contributed by atoms with Gasteiger partial charge in [0.15, 0.2) is 29.0 Å². The van der Waals surface area contributed by atoms with Gasteiger partial charge in [-0.05, 0) is 121 Å². The number of thioether (sulfide) groups is 3. The molecule has 0 radical (unpaired) electrons. The summed E-state index contributed by atoms with van der Waals surface area (Å²) in [5.74, 6) is -17.8. The summed E-state index contributed by atoms with van der Waals surface area (Å²) in [5, 5.41) is 73.9. The lowest BCUT2D eigenvalue weighted by Crippen LogP contribution is -2.61. The number of nitrogens with one attached hydrogen (secondary N) is 20. The van der Waals surface area contributed by atoms with E-state index < -0.39 is 185 Å². The minimum absolute atomic E-state index is 0.0102. The van der Waals surface area contributed by atoms with Crippen molar-refractivity contribution in [2.24, 2.45) is 28.9 Å². The van der Waals surface area contributed by atoms with Crippen molar-refractivity contribution in [3.8, 4) is 0 Å². The van der Waals surface area contributed by atoms with Crippen LogP contribution in [0.15, 0.2) is 103 Å². The van der Waals surface area contributed by atoms with E-state index in [0.717, 1.165) is 34.3 Å². The number of imide groups is 1. The highest BCUT2D eigenvalue weighted by Crippen LogP contribution is 2.30. The molecule has 43 heteroatoms. The molecule has 660 valence electrons. The van der Waals surface area contributed by atoms with Gasteiger partial charge in [0, 0.05) is 73.1 Å². The molecule has 29 N–H and O–H groups in total. The third-order valence-electron chi connectivity index (χ3n) is 20.7. The van der Waals surface area contributed by atoms with Crippen LogP contribution in [-0.2, 0) is 86.4 Å². The number of Topliss-reactive ketones (excluding diaryl/α,β-unsaturated/α-hetero) is 1. The fourth-order valence-corrected chi connectivity index (χ4v) is 17.1. The number of carboxylic acid groups (broad SMARTS) is 1. The van der Waals surface area contributed by atoms with E-state index in [1.54, 1.807) is 85.2 Å². The van der Waals surface area contributed by atoms with Gasteiger partial charge in [0.1, 0.15) is 60.4 Å². The largest absolute Gasteiger partial charge is 0.481 e. The number of carbonyl (C=O) groups excluding carboxylic acids is 14. The van der Waals surface area contributed by atoms with E-state index >= 15 is 33.6 Å². The molecule has 40 nitrogen and oxygen atoms in total. The number of aromatic nitrogens is 2. The van der Waals surface area contributed by atoms with Gasteiger partial charge in [-0.25, -0.2) is 4.79 Å². The van der Waals surface area contributed by atoms with Gasteiger partial charge < -0.3 is 112 Å². The molecule has 3 fully saturated rings. The number of hydrogen-bond acceptors (Lipinski definition) is 21. The Morgan fingerprint density at radius 1 is 0.439 bits per heavy atom. The molecule has 1 saturated carbocycles. The number of hydrogen-bond donors (Lipinski definition) is 25. The summed E-state index contributed by atoms with van der Waals surface area (Å²) < 4.78 is 0. The number of ketones is 1. The van der Waals surface area contributed by atoms with Crippen LogP contribution in [0.4, 0.5) is 4.79 Å². The first kappa shape index (κ1) is 94.2. The van der Waals surface area contributed by atoms with Gasteiger partial charge in [-0.2, -0.15) is 23.5 Å². The maximum Gasteiger partial charge on any atom is 0.322 e. The van der Waals surface area contributed by atoms with E-state index in [1.165, 1.54) is 0 Å². The van der Waals surface area contributed by atoms with Crippen LogP contribution >= 0.6 is 35.3 Å². The van der Waals surface area contributed by atoms with E-state index in [0.29, 0.717) is 75.9 Å². The highest BCUT2D eigenvalue weighted by Gasteiger charge is 2.40. The van der Waals surface area contributed by atoms with Crippen molar-refractivity contribution in [3.05, 3.63) is 120 Å². The summed E-state index contributed by atoms with van der Waals surface area (Å²) in [6.07, 6.45) is 1.65. The maximum absolute atomic E-state index is 15.5. The predicted molar refractivity (Wildman–Crippen MR) is 464 cm³/mol. The van der Waals surface area contributed by atoms with Crippen molar-refractivity contribution in [2.45, 2.75) is 169 Å². The molecule has 2 saturated heterocycles. The Morgan fingerprint density at radius 3 is 1.41 bits per heavy atom. The molecule has 2 aliphatic heterocycles. The molecule has 2 aromatic heterocycles. The lowest BCUT2D eigenvalue weighted by atomic mass is 9.96. The second-order valence-corrected chi connectivity index (χ2v) is 33.3. The zero-order chi connectivity index (χ0) is 88.7. The molecule has 123 heavy (non-hydrogen) atoms. The van der Waals surface area contributed by atoms with Gasteiger partial charge >= 0.3 is 12.0 Å². The van der Waals surface area contributed by atoms with E-state index in [9.17, 15) is 43.5 Å². The van der Waals surface area contributed by atoms with Crippen LogP contribution in [0.3, 0.4) is 0 Å². The molecule has 0 unspecified atom stereocenters. The number of para-hydroxylation sites is 2. The number of amides is 14. The number of carbonyl (C=O) groups is 15. The molecule has 2 bridgehead atoms. The van der Waals surface area contributed by atoms with Gasteiger partial charge in [0.25, 0.3) is 11.8 Å². The van der Waals surface area contributed by atoms with E-state index in [4.69, 9.17) is 39.2 Å². The van der Waals surface area contributed by atoms with Crippen molar-refractivity contribution >= 4 is 174 Å². The van der Waals surface area contributed by atoms with Gasteiger partial charge in [0.2, 0.25) is 59.1 Å². The highest BCUT2D eigenvalue weighted by molar-refractivity contribution is 8.01. The first-order valence-corrected chi connectivity index (χ1v) is 43.6. The molecule has 9 rings (SSSR count). The molecular weight excluding hydrogens is 1650 g/mol. The molecule has 4 heterocycles. The van der Waals surface area contributed by atoms with Crippen LogP contribution in [-0.4, -0.2) is 236 Å². The summed E-state index contributed by atoms with van der Waals surface area (Å²) in [6.45, 7) is -0.154. The topological polar surface area (TPSA) is 664 Å². The summed E-state index contributed by atoms with van der Waals surface area (Å²) in [5.41, 5.74) is 25.5. The van der Waals surface area contributed by atoms with Crippen molar-refractivity contribution in [2.75, 3.05) is 48.4 Å². The fraction of sp³-hybridized carbons (Fsp3) is 0.450. The minimum Gasteiger partial charge on any atom is -0.481 e. The summed E-state index contributed by atoms with van der Waals surface area (Å²) in [4.78, 5) is 227. The number of rotatable bonds is 22. The molecule has 11 atom stereocenters. The molecule has 3 aliphatic rings. The number of benzene rings is 4. The Bertz CT molecular complexity index is 4870. The number of guanidine groups is 3. The summed E-state index contributed by atoms with van der Waals surface area (Å²) in [6, 6.07) is 8.43. The molecule has 1 aliphatic carbocycles. The van der Waals surface area contributed by atoms with Crippen LogP contribution in [0.5, 0.6) is 0 Å². The zero-order valence-electron chi connectivity index (χ0n) is 67.3. The van der Waals surface area contributed by atoms with Gasteiger partial charge in [-0.15, -0.1) is 11.8 Å². The lowest BCUT2D eigenvalue weighted by Gasteiger charge is -2.29. The standard InChI is InChI=1S/C80H106N24O16S3/c81-65(109)76-103-75(119)64(44-13-2-3-14-44)102-74(118)60(35-47-38-92-52-19-8-6-17-50(47)52)98-67(111)54(21-10-28-89-78(84)85)94-69(113)56-25-30-121-39-48(105)40-122-31-26-57(96-66(110)53(20-9-27-88-77(82)83)95-71(115)58(93-62(106)41-123-76)33-42-23-24-43-12-1-4-15-45(43)32-42)70(114)104-80(120)101-55(22-11-29-90-79(86)87)68(112)100-61(36-63(107)108)73(117)99-59(72(116)97-56)34-46-37-91-51-18-7-5-16-49(46)51/h1,4-8,12,15-19,23-24,32,37-38,44,53-61,64,76,91-92H,2-3,9-11,13-14,20-22,25-31,33-36,39-41H2,(H2,81,109)(H,93,106)(H,94,113)(H,95,115)(H,96,110)(H,97,116)(H,98,111)(H,99,117)(H,100,112)(H,102,118)(H,103,119)(H,107,108)(H4,82,83,88)(H4,84,85,89)(H4,86,87,90)(H2,101,104,114,120)/t53-,54-,55-,56-,57-,58-,59-,60-,61-,64-,76-/m0/s1. The Hall–Kier alpha value is -12.7. The quantitative estimate of drug-likeness (QED) is 0.0206. The van der Waals surface area contributed by atoms with Crippen molar-refractivity contribution < 1.29 is 77.0 Å². The van der Waals surface area contributed by atoms with Gasteiger partial charge in [-0.1, -0.05) is 91.7 Å². The third kappa shape index (κ3) is 29.6. The summed E-state index contributed by atoms with van der Waals surface area (Å²) >= 11 is 2.61. The third-order valence-corrected chi connectivity index (χ3v) is 23.9. The Morgan fingerprint density at radius 2 is 0.878 bits per heavy atom. The van der Waals surface area contributed by atoms with Crippen LogP contribution < -0.4 is 103 Å². The van der Waals surface area contributed by atoms with Crippen molar-refractivity contribution in [3.63, 3.8) is 0 Å². The van der Waals surface area contributed by atoms with Gasteiger partial charge in [-0.3, -0.25) is 88.7 Å². The molecular formula is C80H106N24O16S3. The number of H-pyrrole nitrogens is 2. The summed E-state index contributed by atoms with van der Waals surface area (Å²) in [7, 11) is 0. The van der Waals surface area contributed by atoms with Crippen LogP contribution in [0.1, 0.15) is 100 Å². The minimum atomic E-state index is -2.07. The Labute approximate surface area is 719 Å². The Kier molecular flexibility index (Phi) is 35.9. The van der Waals surface area contributed by atoms with Crippen molar-refractivity contribution in [1.29, 1.82) is 16.2 Å². The second-order valence-electron chi connectivity index (χ2n) is 30.0. The van der Waals surface area contributed by atoms with E-state index in [1.807, 2.05) is 18.2 Å². The van der Waals surface area contributed by atoms with Crippen LogP contribution in [0, 0.1) is 22.1 Å². The average molecular weight is 1760 g/mol. The number of fused-ring (bicyclic) bond motifs is 13.